The van der Waals surface area contributed by atoms with Crippen molar-refractivity contribution in [1.82, 2.24) is 0 Å². The maximum atomic E-state index is 13.1. The molecule has 30 heavy (non-hydrogen) atoms. The largest absolute Gasteiger partial charge is 0.289 e. The second kappa shape index (κ2) is 7.61. The fourth-order valence-corrected chi connectivity index (χ4v) is 4.44. The molecule has 0 bridgehead atoms. The maximum Gasteiger partial charge on any atom is 0.194 e. The van der Waals surface area contributed by atoms with Gasteiger partial charge in [-0.05, 0) is 59.3 Å². The number of hydrogen-bond acceptors (Lipinski definition) is 4. The summed E-state index contributed by atoms with van der Waals surface area (Å²) < 4.78 is 0. The van der Waals surface area contributed by atoms with E-state index in [2.05, 4.69) is 23.7 Å². The van der Waals surface area contributed by atoms with E-state index in [9.17, 15) is 9.59 Å². The molecule has 0 N–H and O–H groups in total. The van der Waals surface area contributed by atoms with Gasteiger partial charge in [0.1, 0.15) is 0 Å². The predicted molar refractivity (Wildman–Crippen MR) is 120 cm³/mol. The molecule has 0 radical (unpaired) electrons. The molecule has 0 amide bonds. The van der Waals surface area contributed by atoms with Crippen molar-refractivity contribution in [2.45, 2.75) is 0 Å². The van der Waals surface area contributed by atoms with Gasteiger partial charge in [0, 0.05) is 55.3 Å². The van der Waals surface area contributed by atoms with Gasteiger partial charge in [-0.25, -0.2) is 0 Å². The molecule has 4 aromatic rings. The van der Waals surface area contributed by atoms with E-state index in [0.29, 0.717) is 33.4 Å². The molecule has 0 saturated heterocycles. The number of carbonyl (C=O) groups is 2. The number of benzene rings is 2. The number of thiophene rings is 2. The fourth-order valence-electron chi connectivity index (χ4n) is 3.27. The Balaban J connectivity index is 1.51. The zero-order valence-corrected chi connectivity index (χ0v) is 17.2. The molecule has 0 atom stereocenters. The highest BCUT2D eigenvalue weighted by atomic mass is 32.1. The molecule has 2 aromatic heterocycles. The number of fused-ring (bicyclic) bond motifs is 2. The summed E-state index contributed by atoms with van der Waals surface area (Å²) >= 11 is 3.17. The molecule has 2 heterocycles. The average molecular weight is 421 g/mol. The minimum absolute atomic E-state index is 0.156. The fraction of sp³-hybridized carbons (Fsp3) is 0. The Kier molecular flexibility index (Phi) is 4.65. The Labute approximate surface area is 181 Å². The van der Waals surface area contributed by atoms with E-state index < -0.39 is 0 Å². The van der Waals surface area contributed by atoms with Crippen LogP contribution < -0.4 is 0 Å². The summed E-state index contributed by atoms with van der Waals surface area (Å²) in [4.78, 5) is 26.1. The minimum atomic E-state index is -0.156. The van der Waals surface area contributed by atoms with E-state index >= 15 is 0 Å². The second-order valence-corrected chi connectivity index (χ2v) is 8.26. The predicted octanol–water partition coefficient (Wildman–Crippen LogP) is 5.38. The number of rotatable bonds is 0. The van der Waals surface area contributed by atoms with E-state index in [1.807, 2.05) is 33.7 Å². The first-order chi connectivity index (χ1) is 14.7. The summed E-state index contributed by atoms with van der Waals surface area (Å²) in [5, 5.41) is 7.87. The van der Waals surface area contributed by atoms with E-state index in [1.165, 1.54) is 0 Å². The normalized spacial score (nSPS) is 11.6. The first kappa shape index (κ1) is 18.3. The Morgan fingerprint density at radius 1 is 0.500 bits per heavy atom. The van der Waals surface area contributed by atoms with Crippen molar-refractivity contribution in [2.75, 3.05) is 0 Å². The Bertz CT molecular complexity index is 1310. The van der Waals surface area contributed by atoms with Crippen molar-refractivity contribution in [1.29, 1.82) is 0 Å². The highest BCUT2D eigenvalue weighted by molar-refractivity contribution is 7.08. The lowest BCUT2D eigenvalue weighted by atomic mass is 9.82. The summed E-state index contributed by atoms with van der Waals surface area (Å²) in [6, 6.07) is 14.3. The van der Waals surface area contributed by atoms with Gasteiger partial charge in [0.2, 0.25) is 0 Å². The Morgan fingerprint density at radius 2 is 0.933 bits per heavy atom. The Hall–Kier alpha value is -3.70. The third-order valence-corrected chi connectivity index (χ3v) is 6.13. The molecule has 0 unspecified atom stereocenters. The van der Waals surface area contributed by atoms with Crippen molar-refractivity contribution in [2.24, 2.45) is 0 Å². The van der Waals surface area contributed by atoms with E-state index in [-0.39, 0.29) is 11.6 Å². The van der Waals surface area contributed by atoms with Crippen LogP contribution >= 0.6 is 22.7 Å². The molecule has 2 nitrogen and oxygen atoms in total. The first-order valence-electron chi connectivity index (χ1n) is 9.15. The van der Waals surface area contributed by atoms with E-state index in [0.717, 1.165) is 11.1 Å². The van der Waals surface area contributed by atoms with Crippen LogP contribution in [0.5, 0.6) is 0 Å². The van der Waals surface area contributed by atoms with Gasteiger partial charge in [0.25, 0.3) is 0 Å². The van der Waals surface area contributed by atoms with Gasteiger partial charge in [-0.15, -0.1) is 0 Å². The van der Waals surface area contributed by atoms with Gasteiger partial charge in [0.05, 0.1) is 0 Å². The number of hydrogen-bond donors (Lipinski definition) is 0. The highest BCUT2D eigenvalue weighted by Gasteiger charge is 2.29. The SMILES string of the molecule is O=C1c2ccc(C#Cc3ccsc3)cc2C(=O)c2ccc(C#Cc3ccsc3)cc21. The van der Waals surface area contributed by atoms with Crippen LogP contribution in [-0.4, -0.2) is 11.6 Å². The van der Waals surface area contributed by atoms with Gasteiger partial charge in [0.15, 0.2) is 11.6 Å². The molecule has 1 aliphatic rings. The molecule has 5 rings (SSSR count). The van der Waals surface area contributed by atoms with Gasteiger partial charge >= 0.3 is 0 Å². The maximum absolute atomic E-state index is 13.1. The van der Waals surface area contributed by atoms with Crippen molar-refractivity contribution >= 4 is 34.2 Å². The van der Waals surface area contributed by atoms with Crippen LogP contribution in [0.2, 0.25) is 0 Å². The molecule has 140 valence electrons. The average Bonchev–Trinajstić information content (AvgIpc) is 3.48. The lowest BCUT2D eigenvalue weighted by Gasteiger charge is -2.17. The van der Waals surface area contributed by atoms with Gasteiger partial charge in [-0.2, -0.15) is 22.7 Å². The summed E-state index contributed by atoms with van der Waals surface area (Å²) in [6.07, 6.45) is 0. The first-order valence-corrected chi connectivity index (χ1v) is 11.0. The summed E-state index contributed by atoms with van der Waals surface area (Å²) in [5.74, 6) is 12.0. The molecule has 0 saturated carbocycles. The summed E-state index contributed by atoms with van der Waals surface area (Å²) in [6.45, 7) is 0. The molecular formula is C26H12O2S2. The topological polar surface area (TPSA) is 34.1 Å². The third kappa shape index (κ3) is 3.40. The lowest BCUT2D eigenvalue weighted by Crippen LogP contribution is -2.21. The molecule has 0 aliphatic heterocycles. The van der Waals surface area contributed by atoms with Crippen molar-refractivity contribution in [3.8, 4) is 23.7 Å². The smallest absolute Gasteiger partial charge is 0.194 e. The lowest BCUT2D eigenvalue weighted by molar-refractivity contribution is 0.0979. The van der Waals surface area contributed by atoms with Crippen LogP contribution in [0.25, 0.3) is 0 Å². The molecule has 2 aromatic carbocycles. The zero-order chi connectivity index (χ0) is 20.5. The monoisotopic (exact) mass is 420 g/mol. The standard InChI is InChI=1S/C26H12O2S2/c27-25-22-8-6-18(2-4-20-10-12-30-16-20)14-24(22)26(28)21-7-5-17(13-23(21)25)1-3-19-9-11-29-15-19/h5-16H. The summed E-state index contributed by atoms with van der Waals surface area (Å²) in [7, 11) is 0. The van der Waals surface area contributed by atoms with E-state index in [1.54, 1.807) is 59.1 Å². The highest BCUT2D eigenvalue weighted by Crippen LogP contribution is 2.28. The van der Waals surface area contributed by atoms with Crippen LogP contribution in [-0.2, 0) is 0 Å². The van der Waals surface area contributed by atoms with Gasteiger partial charge < -0.3 is 0 Å². The molecule has 1 aliphatic carbocycles. The minimum Gasteiger partial charge on any atom is -0.289 e. The van der Waals surface area contributed by atoms with Crippen molar-refractivity contribution < 1.29 is 9.59 Å². The third-order valence-electron chi connectivity index (χ3n) is 4.76. The number of carbonyl (C=O) groups excluding carboxylic acids is 2. The summed E-state index contributed by atoms with van der Waals surface area (Å²) in [5.41, 5.74) is 4.92. The second-order valence-electron chi connectivity index (χ2n) is 6.70. The molecule has 0 fully saturated rings. The number of ketones is 2. The van der Waals surface area contributed by atoms with E-state index in [4.69, 9.17) is 0 Å². The van der Waals surface area contributed by atoms with Crippen LogP contribution in [0.4, 0.5) is 0 Å². The Morgan fingerprint density at radius 3 is 1.33 bits per heavy atom. The van der Waals surface area contributed by atoms with Crippen LogP contribution in [0.1, 0.15) is 54.1 Å². The van der Waals surface area contributed by atoms with Crippen LogP contribution in [0.15, 0.2) is 70.1 Å². The van der Waals surface area contributed by atoms with Crippen molar-refractivity contribution in [3.05, 3.63) is 115 Å². The van der Waals surface area contributed by atoms with Crippen LogP contribution in [0, 0.1) is 23.7 Å². The quantitative estimate of drug-likeness (QED) is 0.315. The molecular weight excluding hydrogens is 408 g/mol. The van der Waals surface area contributed by atoms with Gasteiger partial charge in [-0.1, -0.05) is 23.7 Å². The zero-order valence-electron chi connectivity index (χ0n) is 15.6. The van der Waals surface area contributed by atoms with Crippen LogP contribution in [0.3, 0.4) is 0 Å². The van der Waals surface area contributed by atoms with Crippen molar-refractivity contribution in [3.63, 3.8) is 0 Å². The molecule has 4 heteroatoms. The molecule has 0 spiro atoms. The van der Waals surface area contributed by atoms with Gasteiger partial charge in [-0.3, -0.25) is 9.59 Å².